The van der Waals surface area contributed by atoms with E-state index in [4.69, 9.17) is 4.74 Å². The minimum Gasteiger partial charge on any atom is -0.497 e. The van der Waals surface area contributed by atoms with Crippen LogP contribution in [0.15, 0.2) is 71.6 Å². The Morgan fingerprint density at radius 3 is 2.23 bits per heavy atom. The van der Waals surface area contributed by atoms with Gasteiger partial charge in [0.05, 0.1) is 17.7 Å². The molecule has 0 saturated heterocycles. The van der Waals surface area contributed by atoms with Crippen molar-refractivity contribution in [3.63, 3.8) is 0 Å². The van der Waals surface area contributed by atoms with Crippen molar-refractivity contribution in [2.45, 2.75) is 11.8 Å². The molecule has 6 nitrogen and oxygen atoms in total. The molecule has 0 aliphatic heterocycles. The summed E-state index contributed by atoms with van der Waals surface area (Å²) in [4.78, 5) is 12.7. The van der Waals surface area contributed by atoms with Crippen LogP contribution in [0.5, 0.6) is 5.75 Å². The van der Waals surface area contributed by atoms with Gasteiger partial charge in [-0.25, -0.2) is 12.8 Å². The maximum absolute atomic E-state index is 13.0. The Morgan fingerprint density at radius 2 is 1.63 bits per heavy atom. The van der Waals surface area contributed by atoms with Gasteiger partial charge in [-0.2, -0.15) is 0 Å². The van der Waals surface area contributed by atoms with Crippen molar-refractivity contribution >= 4 is 27.3 Å². The number of anilines is 2. The van der Waals surface area contributed by atoms with E-state index in [9.17, 15) is 17.6 Å². The number of hydrogen-bond acceptors (Lipinski definition) is 4. The van der Waals surface area contributed by atoms with Gasteiger partial charge in [0.15, 0.2) is 0 Å². The molecule has 3 rings (SSSR count). The van der Waals surface area contributed by atoms with Crippen molar-refractivity contribution in [2.75, 3.05) is 23.8 Å². The number of rotatable bonds is 6. The van der Waals surface area contributed by atoms with Crippen LogP contribution in [0.1, 0.15) is 15.9 Å². The Morgan fingerprint density at radius 1 is 1.00 bits per heavy atom. The zero-order valence-electron chi connectivity index (χ0n) is 16.7. The van der Waals surface area contributed by atoms with Gasteiger partial charge in [-0.15, -0.1) is 0 Å². The topological polar surface area (TPSA) is 75.7 Å². The van der Waals surface area contributed by atoms with Crippen molar-refractivity contribution in [3.05, 3.63) is 83.7 Å². The number of halogens is 1. The summed E-state index contributed by atoms with van der Waals surface area (Å²) in [7, 11) is -0.906. The first-order valence-electron chi connectivity index (χ1n) is 9.03. The van der Waals surface area contributed by atoms with E-state index < -0.39 is 21.7 Å². The third kappa shape index (κ3) is 4.44. The van der Waals surface area contributed by atoms with Crippen LogP contribution in [-0.4, -0.2) is 28.5 Å². The number of nitrogens with zero attached hydrogens (tertiary/aromatic N) is 1. The predicted octanol–water partition coefficient (Wildman–Crippen LogP) is 4.22. The SMILES string of the molecule is COc1ccc(S(=O)(=O)N(C)c2cc(C(=O)Nc3ccc(F)cc3)ccc2C)cc1. The first kappa shape index (κ1) is 21.3. The number of methoxy groups -OCH3 is 1. The smallest absolute Gasteiger partial charge is 0.264 e. The number of ether oxygens (including phenoxy) is 1. The van der Waals surface area contributed by atoms with Crippen molar-refractivity contribution in [3.8, 4) is 5.75 Å². The van der Waals surface area contributed by atoms with E-state index in [0.717, 1.165) is 4.31 Å². The first-order valence-corrected chi connectivity index (χ1v) is 10.5. The Balaban J connectivity index is 1.89. The fourth-order valence-electron chi connectivity index (χ4n) is 2.86. The lowest BCUT2D eigenvalue weighted by atomic mass is 10.1. The van der Waals surface area contributed by atoms with E-state index in [1.54, 1.807) is 31.2 Å². The average molecular weight is 428 g/mol. The van der Waals surface area contributed by atoms with E-state index in [1.165, 1.54) is 56.6 Å². The van der Waals surface area contributed by atoms with E-state index in [1.807, 2.05) is 0 Å². The maximum atomic E-state index is 13.0. The van der Waals surface area contributed by atoms with E-state index in [-0.39, 0.29) is 10.5 Å². The number of carbonyl (C=O) groups excluding carboxylic acids is 1. The van der Waals surface area contributed by atoms with Crippen LogP contribution < -0.4 is 14.4 Å². The summed E-state index contributed by atoms with van der Waals surface area (Å²) >= 11 is 0. The van der Waals surface area contributed by atoms with Crippen LogP contribution in [0.4, 0.5) is 15.8 Å². The molecule has 0 bridgehead atoms. The van der Waals surface area contributed by atoms with Gasteiger partial charge in [0.2, 0.25) is 0 Å². The predicted molar refractivity (Wildman–Crippen MR) is 114 cm³/mol. The van der Waals surface area contributed by atoms with Crippen LogP contribution in [0.25, 0.3) is 0 Å². The third-order valence-corrected chi connectivity index (χ3v) is 6.42. The summed E-state index contributed by atoms with van der Waals surface area (Å²) in [6, 6.07) is 16.2. The molecule has 0 fully saturated rings. The molecular weight excluding hydrogens is 407 g/mol. The maximum Gasteiger partial charge on any atom is 0.264 e. The van der Waals surface area contributed by atoms with Crippen LogP contribution in [-0.2, 0) is 10.0 Å². The number of hydrogen-bond donors (Lipinski definition) is 1. The molecule has 0 aliphatic rings. The highest BCUT2D eigenvalue weighted by Gasteiger charge is 2.23. The number of aryl methyl sites for hydroxylation is 1. The molecule has 0 spiro atoms. The van der Waals surface area contributed by atoms with Gasteiger partial charge in [-0.05, 0) is 73.2 Å². The van der Waals surface area contributed by atoms with E-state index in [0.29, 0.717) is 22.7 Å². The summed E-state index contributed by atoms with van der Waals surface area (Å²) in [5.74, 6) is -0.290. The number of sulfonamides is 1. The van der Waals surface area contributed by atoms with Gasteiger partial charge >= 0.3 is 0 Å². The summed E-state index contributed by atoms with van der Waals surface area (Å²) in [5, 5.41) is 2.67. The second kappa shape index (κ2) is 8.54. The second-order valence-electron chi connectivity index (χ2n) is 6.61. The molecule has 3 aromatic carbocycles. The van der Waals surface area contributed by atoms with Gasteiger partial charge in [0, 0.05) is 18.3 Å². The van der Waals surface area contributed by atoms with Gasteiger partial charge in [-0.3, -0.25) is 9.10 Å². The van der Waals surface area contributed by atoms with Crippen molar-refractivity contribution in [1.29, 1.82) is 0 Å². The lowest BCUT2D eigenvalue weighted by molar-refractivity contribution is 0.102. The van der Waals surface area contributed by atoms with Crippen LogP contribution in [0.2, 0.25) is 0 Å². The summed E-state index contributed by atoms with van der Waals surface area (Å²) in [6.07, 6.45) is 0. The van der Waals surface area contributed by atoms with Gasteiger partial charge < -0.3 is 10.1 Å². The molecule has 156 valence electrons. The standard InChI is InChI=1S/C22H21FN2O4S/c1-15-4-5-16(22(26)24-18-8-6-17(23)7-9-18)14-21(15)25(2)30(27,28)20-12-10-19(29-3)11-13-20/h4-14H,1-3H3,(H,24,26). The molecule has 30 heavy (non-hydrogen) atoms. The minimum absolute atomic E-state index is 0.103. The molecule has 0 unspecified atom stereocenters. The molecule has 0 aliphatic carbocycles. The minimum atomic E-state index is -3.84. The highest BCUT2D eigenvalue weighted by Crippen LogP contribution is 2.27. The van der Waals surface area contributed by atoms with Gasteiger partial charge in [-0.1, -0.05) is 6.07 Å². The van der Waals surface area contributed by atoms with Gasteiger partial charge in [0.25, 0.3) is 15.9 Å². The molecule has 8 heteroatoms. The number of carbonyl (C=O) groups is 1. The molecule has 0 radical (unpaired) electrons. The first-order chi connectivity index (χ1) is 14.2. The molecule has 3 aromatic rings. The fourth-order valence-corrected chi connectivity index (χ4v) is 4.11. The van der Waals surface area contributed by atoms with Crippen LogP contribution in [0, 0.1) is 12.7 Å². The Hall–Kier alpha value is -3.39. The summed E-state index contributed by atoms with van der Waals surface area (Å²) in [5.41, 5.74) is 1.77. The van der Waals surface area contributed by atoms with Crippen LogP contribution >= 0.6 is 0 Å². The highest BCUT2D eigenvalue weighted by molar-refractivity contribution is 7.92. The van der Waals surface area contributed by atoms with Crippen molar-refractivity contribution in [2.24, 2.45) is 0 Å². The highest BCUT2D eigenvalue weighted by atomic mass is 32.2. The molecule has 0 heterocycles. The average Bonchev–Trinajstić information content (AvgIpc) is 2.75. The third-order valence-electron chi connectivity index (χ3n) is 4.63. The lowest BCUT2D eigenvalue weighted by Gasteiger charge is -2.22. The van der Waals surface area contributed by atoms with E-state index in [2.05, 4.69) is 5.32 Å². The van der Waals surface area contributed by atoms with Gasteiger partial charge in [0.1, 0.15) is 11.6 Å². The monoisotopic (exact) mass is 428 g/mol. The molecule has 1 N–H and O–H groups in total. The molecule has 1 amide bonds. The second-order valence-corrected chi connectivity index (χ2v) is 8.58. The molecular formula is C22H21FN2O4S. The zero-order chi connectivity index (χ0) is 21.9. The quantitative estimate of drug-likeness (QED) is 0.638. The lowest BCUT2D eigenvalue weighted by Crippen LogP contribution is -2.27. The Kier molecular flexibility index (Phi) is 6.07. The zero-order valence-corrected chi connectivity index (χ0v) is 17.5. The number of benzene rings is 3. The normalized spacial score (nSPS) is 11.1. The summed E-state index contributed by atoms with van der Waals surface area (Å²) < 4.78 is 45.3. The Bertz CT molecular complexity index is 1160. The number of nitrogens with one attached hydrogen (secondary N) is 1. The van der Waals surface area contributed by atoms with E-state index >= 15 is 0 Å². The Labute approximate surface area is 175 Å². The van der Waals surface area contributed by atoms with Crippen molar-refractivity contribution < 1.29 is 22.3 Å². The van der Waals surface area contributed by atoms with Crippen molar-refractivity contribution in [1.82, 2.24) is 0 Å². The molecule has 0 atom stereocenters. The molecule has 0 aromatic heterocycles. The number of amides is 1. The largest absolute Gasteiger partial charge is 0.497 e. The summed E-state index contributed by atoms with van der Waals surface area (Å²) in [6.45, 7) is 1.76. The molecule has 0 saturated carbocycles. The fraction of sp³-hybridized carbons (Fsp3) is 0.136. The van der Waals surface area contributed by atoms with Crippen LogP contribution in [0.3, 0.4) is 0 Å².